The smallest absolute Gasteiger partial charge is 0.445 e. The number of carbonyl (C=O) groups is 1. The van der Waals surface area contributed by atoms with E-state index in [-0.39, 0.29) is 28.3 Å². The first-order chi connectivity index (χ1) is 13.2. The number of nitro groups is 1. The SMILES string of the molecule is O=C(Nc1nnc(C(F)(F)F)s1)c1cc([N+](=O)[O-])ccc1Oc1ccccc1. The van der Waals surface area contributed by atoms with Crippen LogP contribution in [0, 0.1) is 10.1 Å². The zero-order chi connectivity index (χ0) is 20.3. The number of nitro benzene ring substituents is 1. The highest BCUT2D eigenvalue weighted by atomic mass is 32.1. The Labute approximate surface area is 158 Å². The Morgan fingerprint density at radius 1 is 1.14 bits per heavy atom. The Morgan fingerprint density at radius 2 is 1.86 bits per heavy atom. The van der Waals surface area contributed by atoms with Gasteiger partial charge in [-0.2, -0.15) is 13.2 Å². The number of aromatic nitrogens is 2. The van der Waals surface area contributed by atoms with Gasteiger partial charge in [-0.25, -0.2) is 0 Å². The Hall–Kier alpha value is -3.54. The number of para-hydroxylation sites is 1. The fraction of sp³-hybridized carbons (Fsp3) is 0.0625. The molecule has 0 spiro atoms. The number of nitrogens with one attached hydrogen (secondary N) is 1. The van der Waals surface area contributed by atoms with Gasteiger partial charge in [0.25, 0.3) is 11.6 Å². The van der Waals surface area contributed by atoms with E-state index < -0.39 is 27.1 Å². The number of hydrogen-bond acceptors (Lipinski definition) is 7. The van der Waals surface area contributed by atoms with Gasteiger partial charge in [0.05, 0.1) is 10.5 Å². The number of nitrogens with zero attached hydrogens (tertiary/aromatic N) is 3. The van der Waals surface area contributed by atoms with Crippen LogP contribution in [0.4, 0.5) is 24.0 Å². The van der Waals surface area contributed by atoms with Crippen molar-refractivity contribution in [2.45, 2.75) is 6.18 Å². The molecule has 8 nitrogen and oxygen atoms in total. The summed E-state index contributed by atoms with van der Waals surface area (Å²) in [7, 11) is 0. The molecule has 28 heavy (non-hydrogen) atoms. The summed E-state index contributed by atoms with van der Waals surface area (Å²) in [5.74, 6) is -0.588. The summed E-state index contributed by atoms with van der Waals surface area (Å²) in [5, 5.41) is 17.7. The van der Waals surface area contributed by atoms with Crippen LogP contribution >= 0.6 is 11.3 Å². The molecule has 12 heteroatoms. The summed E-state index contributed by atoms with van der Waals surface area (Å²) in [4.78, 5) is 22.8. The van der Waals surface area contributed by atoms with Crippen molar-refractivity contribution in [2.75, 3.05) is 5.32 Å². The van der Waals surface area contributed by atoms with Gasteiger partial charge in [-0.05, 0) is 18.2 Å². The highest BCUT2D eigenvalue weighted by Gasteiger charge is 2.36. The largest absolute Gasteiger partial charge is 0.457 e. The number of non-ortho nitro benzene ring substituents is 1. The molecule has 1 heterocycles. The second-order valence-electron chi connectivity index (χ2n) is 5.22. The normalized spacial score (nSPS) is 11.1. The van der Waals surface area contributed by atoms with Gasteiger partial charge in [0.15, 0.2) is 0 Å². The first-order valence-corrected chi connectivity index (χ1v) is 8.29. The van der Waals surface area contributed by atoms with Crippen molar-refractivity contribution < 1.29 is 27.6 Å². The minimum Gasteiger partial charge on any atom is -0.457 e. The lowest BCUT2D eigenvalue weighted by atomic mass is 10.1. The first-order valence-electron chi connectivity index (χ1n) is 7.47. The summed E-state index contributed by atoms with van der Waals surface area (Å²) in [5.41, 5.74) is -0.638. The lowest BCUT2D eigenvalue weighted by Gasteiger charge is -2.10. The van der Waals surface area contributed by atoms with E-state index in [0.29, 0.717) is 5.75 Å². The van der Waals surface area contributed by atoms with E-state index in [2.05, 4.69) is 15.5 Å². The maximum Gasteiger partial charge on any atom is 0.445 e. The zero-order valence-electron chi connectivity index (χ0n) is 13.6. The highest BCUT2D eigenvalue weighted by molar-refractivity contribution is 7.15. The molecular weight excluding hydrogens is 401 g/mol. The number of ether oxygens (including phenoxy) is 1. The van der Waals surface area contributed by atoms with Crippen LogP contribution in [0.25, 0.3) is 0 Å². The standard InChI is InChI=1S/C16H9F3N4O4S/c17-16(18,19)14-21-22-15(28-14)20-13(24)11-8-9(23(25)26)6-7-12(11)27-10-4-2-1-3-5-10/h1-8H,(H,20,22,24). The number of hydrogen-bond donors (Lipinski definition) is 1. The molecule has 0 aliphatic rings. The fourth-order valence-corrected chi connectivity index (χ4v) is 2.67. The maximum absolute atomic E-state index is 12.6. The lowest BCUT2D eigenvalue weighted by molar-refractivity contribution is -0.384. The predicted octanol–water partition coefficient (Wildman–Crippen LogP) is 4.51. The molecule has 144 valence electrons. The van der Waals surface area contributed by atoms with E-state index in [1.807, 2.05) is 0 Å². The van der Waals surface area contributed by atoms with Gasteiger partial charge in [0, 0.05) is 12.1 Å². The number of amides is 1. The van der Waals surface area contributed by atoms with Crippen LogP contribution in [0.5, 0.6) is 11.5 Å². The van der Waals surface area contributed by atoms with E-state index in [9.17, 15) is 28.1 Å². The minimum absolute atomic E-state index is 0.0186. The van der Waals surface area contributed by atoms with Gasteiger partial charge in [0.2, 0.25) is 10.1 Å². The molecule has 3 aromatic rings. The number of rotatable bonds is 5. The molecule has 0 aliphatic carbocycles. The first kappa shape index (κ1) is 19.2. The van der Waals surface area contributed by atoms with Crippen LogP contribution in [0.2, 0.25) is 0 Å². The quantitative estimate of drug-likeness (QED) is 0.490. The van der Waals surface area contributed by atoms with Crippen LogP contribution in [-0.2, 0) is 6.18 Å². The van der Waals surface area contributed by atoms with Crippen LogP contribution in [0.1, 0.15) is 15.4 Å². The number of benzene rings is 2. The summed E-state index contributed by atoms with van der Waals surface area (Å²) in [6.45, 7) is 0. The molecule has 1 N–H and O–H groups in total. The molecule has 3 rings (SSSR count). The second kappa shape index (κ2) is 7.60. The summed E-state index contributed by atoms with van der Waals surface area (Å²) < 4.78 is 43.4. The number of carbonyl (C=O) groups excluding carboxylic acids is 1. The van der Waals surface area contributed by atoms with E-state index in [1.165, 1.54) is 6.07 Å². The van der Waals surface area contributed by atoms with Gasteiger partial charge in [-0.1, -0.05) is 29.5 Å². The predicted molar refractivity (Wildman–Crippen MR) is 92.5 cm³/mol. The van der Waals surface area contributed by atoms with Crippen molar-refractivity contribution in [3.05, 3.63) is 69.2 Å². The van der Waals surface area contributed by atoms with Gasteiger partial charge >= 0.3 is 6.18 Å². The molecule has 0 unspecified atom stereocenters. The summed E-state index contributed by atoms with van der Waals surface area (Å²) in [6, 6.07) is 11.6. The molecule has 0 radical (unpaired) electrons. The number of halogens is 3. The second-order valence-corrected chi connectivity index (χ2v) is 6.19. The van der Waals surface area contributed by atoms with Crippen LogP contribution in [-0.4, -0.2) is 21.0 Å². The van der Waals surface area contributed by atoms with Crippen molar-refractivity contribution in [1.82, 2.24) is 10.2 Å². The van der Waals surface area contributed by atoms with E-state index in [4.69, 9.17) is 4.74 Å². The van der Waals surface area contributed by atoms with E-state index in [0.717, 1.165) is 12.1 Å². The number of alkyl halides is 3. The van der Waals surface area contributed by atoms with Crippen LogP contribution < -0.4 is 10.1 Å². The lowest BCUT2D eigenvalue weighted by Crippen LogP contribution is -2.13. The summed E-state index contributed by atoms with van der Waals surface area (Å²) in [6.07, 6.45) is -4.70. The van der Waals surface area contributed by atoms with Crippen molar-refractivity contribution in [2.24, 2.45) is 0 Å². The molecule has 0 fully saturated rings. The topological polar surface area (TPSA) is 107 Å². The van der Waals surface area contributed by atoms with E-state index >= 15 is 0 Å². The molecule has 0 atom stereocenters. The molecule has 0 saturated carbocycles. The van der Waals surface area contributed by atoms with Gasteiger partial charge in [-0.3, -0.25) is 20.2 Å². The Bertz CT molecular complexity index is 1020. The molecule has 1 aromatic heterocycles. The third-order valence-corrected chi connectivity index (χ3v) is 4.16. The molecule has 0 aliphatic heterocycles. The molecule has 0 bridgehead atoms. The van der Waals surface area contributed by atoms with Crippen LogP contribution in [0.15, 0.2) is 48.5 Å². The van der Waals surface area contributed by atoms with Gasteiger partial charge in [-0.15, -0.1) is 10.2 Å². The zero-order valence-corrected chi connectivity index (χ0v) is 14.5. The number of anilines is 1. The van der Waals surface area contributed by atoms with Gasteiger partial charge in [0.1, 0.15) is 11.5 Å². The maximum atomic E-state index is 12.6. The third-order valence-electron chi connectivity index (χ3n) is 3.28. The monoisotopic (exact) mass is 410 g/mol. The summed E-state index contributed by atoms with van der Waals surface area (Å²) >= 11 is 0.129. The van der Waals surface area contributed by atoms with Crippen LogP contribution in [0.3, 0.4) is 0 Å². The Kier molecular flexibility index (Phi) is 5.22. The fourth-order valence-electron chi connectivity index (χ4n) is 2.07. The molecule has 2 aromatic carbocycles. The van der Waals surface area contributed by atoms with Crippen molar-refractivity contribution >= 4 is 28.1 Å². The van der Waals surface area contributed by atoms with Gasteiger partial charge < -0.3 is 4.74 Å². The average Bonchev–Trinajstić information content (AvgIpc) is 3.11. The average molecular weight is 410 g/mol. The van der Waals surface area contributed by atoms with E-state index in [1.54, 1.807) is 30.3 Å². The minimum atomic E-state index is -4.70. The van der Waals surface area contributed by atoms with Crippen molar-refractivity contribution in [1.29, 1.82) is 0 Å². The Morgan fingerprint density at radius 3 is 2.46 bits per heavy atom. The third kappa shape index (κ3) is 4.40. The van der Waals surface area contributed by atoms with Crippen molar-refractivity contribution in [3.63, 3.8) is 0 Å². The molecular formula is C16H9F3N4O4S. The molecule has 0 saturated heterocycles. The molecule has 1 amide bonds. The van der Waals surface area contributed by atoms with Crippen molar-refractivity contribution in [3.8, 4) is 11.5 Å². The Balaban J connectivity index is 1.91. The highest BCUT2D eigenvalue weighted by Crippen LogP contribution is 2.34.